The van der Waals surface area contributed by atoms with Gasteiger partial charge in [0.05, 0.1) is 7.11 Å². The molecule has 0 spiro atoms. The minimum absolute atomic E-state index is 0.00210. The topological polar surface area (TPSA) is 29.5 Å². The SMILES string of the molecule is COc1ccc(F)c(-c2ccc(O)cc2C(C)C(C)(C)C)c1. The molecule has 2 aromatic rings. The van der Waals surface area contributed by atoms with Crippen LogP contribution < -0.4 is 4.74 Å². The predicted molar refractivity (Wildman–Crippen MR) is 87.9 cm³/mol. The average Bonchev–Trinajstić information content (AvgIpc) is 2.46. The van der Waals surface area contributed by atoms with Crippen LogP contribution in [0.3, 0.4) is 0 Å². The monoisotopic (exact) mass is 302 g/mol. The van der Waals surface area contributed by atoms with Crippen LogP contribution in [0.2, 0.25) is 0 Å². The fourth-order valence-corrected chi connectivity index (χ4v) is 2.46. The zero-order valence-electron chi connectivity index (χ0n) is 13.8. The standard InChI is InChI=1S/C19H23FO2/c1-12(19(2,3)4)16-10-13(21)6-8-15(16)17-11-14(22-5)7-9-18(17)20/h6-12,21H,1-5H3. The lowest BCUT2D eigenvalue weighted by Gasteiger charge is -2.29. The molecule has 118 valence electrons. The molecule has 1 N–H and O–H groups in total. The highest BCUT2D eigenvalue weighted by Gasteiger charge is 2.25. The normalized spacial score (nSPS) is 13.0. The second-order valence-corrected chi connectivity index (χ2v) is 6.71. The van der Waals surface area contributed by atoms with Crippen molar-refractivity contribution in [1.82, 2.24) is 0 Å². The molecule has 22 heavy (non-hydrogen) atoms. The summed E-state index contributed by atoms with van der Waals surface area (Å²) in [5.41, 5.74) is 2.21. The van der Waals surface area contributed by atoms with E-state index in [4.69, 9.17) is 4.74 Å². The van der Waals surface area contributed by atoms with Crippen molar-refractivity contribution in [2.45, 2.75) is 33.6 Å². The van der Waals surface area contributed by atoms with E-state index in [-0.39, 0.29) is 22.9 Å². The number of hydrogen-bond acceptors (Lipinski definition) is 2. The smallest absolute Gasteiger partial charge is 0.131 e. The Kier molecular flexibility index (Phi) is 4.45. The van der Waals surface area contributed by atoms with Gasteiger partial charge in [-0.1, -0.05) is 33.8 Å². The molecular weight excluding hydrogens is 279 g/mol. The first-order valence-electron chi connectivity index (χ1n) is 7.41. The second-order valence-electron chi connectivity index (χ2n) is 6.71. The van der Waals surface area contributed by atoms with E-state index in [1.54, 1.807) is 37.4 Å². The van der Waals surface area contributed by atoms with Crippen molar-refractivity contribution in [2.75, 3.05) is 7.11 Å². The summed E-state index contributed by atoms with van der Waals surface area (Å²) < 4.78 is 19.5. The highest BCUT2D eigenvalue weighted by molar-refractivity contribution is 5.71. The Balaban J connectivity index is 2.66. The van der Waals surface area contributed by atoms with Crippen molar-refractivity contribution in [3.8, 4) is 22.6 Å². The van der Waals surface area contributed by atoms with Crippen LogP contribution >= 0.6 is 0 Å². The number of hydrogen-bond donors (Lipinski definition) is 1. The number of aromatic hydroxyl groups is 1. The van der Waals surface area contributed by atoms with E-state index >= 15 is 0 Å². The average molecular weight is 302 g/mol. The molecular formula is C19H23FO2. The van der Waals surface area contributed by atoms with Gasteiger partial charge in [-0.3, -0.25) is 0 Å². The summed E-state index contributed by atoms with van der Waals surface area (Å²) in [6.45, 7) is 8.49. The van der Waals surface area contributed by atoms with Crippen LogP contribution in [0.5, 0.6) is 11.5 Å². The highest BCUT2D eigenvalue weighted by atomic mass is 19.1. The first-order chi connectivity index (χ1) is 10.2. The molecule has 0 radical (unpaired) electrons. The number of phenols is 1. The molecule has 1 unspecified atom stereocenters. The van der Waals surface area contributed by atoms with E-state index in [1.165, 1.54) is 6.07 Å². The van der Waals surface area contributed by atoms with Crippen molar-refractivity contribution < 1.29 is 14.2 Å². The summed E-state index contributed by atoms with van der Waals surface area (Å²) in [6.07, 6.45) is 0. The van der Waals surface area contributed by atoms with Crippen molar-refractivity contribution in [2.24, 2.45) is 5.41 Å². The third-order valence-corrected chi connectivity index (χ3v) is 4.26. The summed E-state index contributed by atoms with van der Waals surface area (Å²) in [4.78, 5) is 0. The molecule has 1 atom stereocenters. The lowest BCUT2D eigenvalue weighted by atomic mass is 9.75. The highest BCUT2D eigenvalue weighted by Crippen LogP contribution is 2.42. The quantitative estimate of drug-likeness (QED) is 0.827. The second kappa shape index (κ2) is 5.99. The van der Waals surface area contributed by atoms with E-state index in [9.17, 15) is 9.50 Å². The lowest BCUT2D eigenvalue weighted by Crippen LogP contribution is -2.16. The van der Waals surface area contributed by atoms with Gasteiger partial charge in [-0.25, -0.2) is 4.39 Å². The Morgan fingerprint density at radius 2 is 1.73 bits per heavy atom. The van der Waals surface area contributed by atoms with E-state index in [0.29, 0.717) is 11.3 Å². The third-order valence-electron chi connectivity index (χ3n) is 4.26. The molecule has 0 amide bonds. The molecule has 0 aromatic heterocycles. The van der Waals surface area contributed by atoms with Crippen LogP contribution in [0.1, 0.15) is 39.2 Å². The van der Waals surface area contributed by atoms with E-state index in [0.717, 1.165) is 11.1 Å². The zero-order chi connectivity index (χ0) is 16.5. The molecule has 2 rings (SSSR count). The summed E-state index contributed by atoms with van der Waals surface area (Å²) >= 11 is 0. The maximum atomic E-state index is 14.3. The van der Waals surface area contributed by atoms with E-state index in [1.807, 2.05) is 0 Å². The molecule has 2 nitrogen and oxygen atoms in total. The third kappa shape index (κ3) is 3.24. The van der Waals surface area contributed by atoms with Crippen LogP contribution in [0, 0.1) is 11.2 Å². The summed E-state index contributed by atoms with van der Waals surface area (Å²) in [6, 6.07) is 9.79. The number of rotatable bonds is 3. The van der Waals surface area contributed by atoms with Gasteiger partial charge in [0.25, 0.3) is 0 Å². The van der Waals surface area contributed by atoms with Crippen LogP contribution in [-0.4, -0.2) is 12.2 Å². The largest absolute Gasteiger partial charge is 0.508 e. The van der Waals surface area contributed by atoms with Crippen LogP contribution in [0.25, 0.3) is 11.1 Å². The summed E-state index contributed by atoms with van der Waals surface area (Å²) in [5, 5.41) is 9.85. The van der Waals surface area contributed by atoms with Crippen molar-refractivity contribution in [3.05, 3.63) is 47.8 Å². The van der Waals surface area contributed by atoms with Gasteiger partial charge >= 0.3 is 0 Å². The maximum absolute atomic E-state index is 14.3. The molecule has 3 heteroatoms. The molecule has 0 heterocycles. The Morgan fingerprint density at radius 1 is 1.05 bits per heavy atom. The van der Waals surface area contributed by atoms with Gasteiger partial charge in [0.1, 0.15) is 17.3 Å². The first-order valence-corrected chi connectivity index (χ1v) is 7.41. The molecule has 2 aromatic carbocycles. The van der Waals surface area contributed by atoms with E-state index < -0.39 is 0 Å². The number of phenolic OH excluding ortho intramolecular Hbond substituents is 1. The number of methoxy groups -OCH3 is 1. The molecule has 0 saturated heterocycles. The summed E-state index contributed by atoms with van der Waals surface area (Å²) in [7, 11) is 1.56. The Hall–Kier alpha value is -2.03. The minimum Gasteiger partial charge on any atom is -0.508 e. The molecule has 0 aliphatic heterocycles. The van der Waals surface area contributed by atoms with Gasteiger partial charge in [-0.2, -0.15) is 0 Å². The minimum atomic E-state index is -0.297. The fraction of sp³-hybridized carbons (Fsp3) is 0.368. The van der Waals surface area contributed by atoms with Gasteiger partial charge in [0.15, 0.2) is 0 Å². The number of ether oxygens (including phenoxy) is 1. The Labute approximate surface area is 131 Å². The molecule has 0 saturated carbocycles. The Morgan fingerprint density at radius 3 is 2.32 bits per heavy atom. The molecule has 0 aliphatic carbocycles. The zero-order valence-corrected chi connectivity index (χ0v) is 13.8. The van der Waals surface area contributed by atoms with Crippen LogP contribution in [-0.2, 0) is 0 Å². The van der Waals surface area contributed by atoms with E-state index in [2.05, 4.69) is 27.7 Å². The molecule has 0 bridgehead atoms. The van der Waals surface area contributed by atoms with Gasteiger partial charge in [0.2, 0.25) is 0 Å². The van der Waals surface area contributed by atoms with Gasteiger partial charge < -0.3 is 9.84 Å². The van der Waals surface area contributed by atoms with Gasteiger partial charge in [-0.05, 0) is 52.8 Å². The number of halogens is 1. The molecule has 0 aliphatic rings. The van der Waals surface area contributed by atoms with Crippen molar-refractivity contribution >= 4 is 0 Å². The predicted octanol–water partition coefficient (Wildman–Crippen LogP) is 5.36. The Bertz CT molecular complexity index is 672. The van der Waals surface area contributed by atoms with Gasteiger partial charge in [-0.15, -0.1) is 0 Å². The van der Waals surface area contributed by atoms with Crippen LogP contribution in [0.4, 0.5) is 4.39 Å². The fourth-order valence-electron chi connectivity index (χ4n) is 2.46. The van der Waals surface area contributed by atoms with Crippen molar-refractivity contribution in [1.29, 1.82) is 0 Å². The van der Waals surface area contributed by atoms with Crippen molar-refractivity contribution in [3.63, 3.8) is 0 Å². The first kappa shape index (κ1) is 16.3. The summed E-state index contributed by atoms with van der Waals surface area (Å²) in [5.74, 6) is 0.658. The molecule has 0 fully saturated rings. The lowest BCUT2D eigenvalue weighted by molar-refractivity contribution is 0.339. The number of benzene rings is 2. The van der Waals surface area contributed by atoms with Gasteiger partial charge in [0, 0.05) is 5.56 Å². The van der Waals surface area contributed by atoms with Crippen LogP contribution in [0.15, 0.2) is 36.4 Å². The maximum Gasteiger partial charge on any atom is 0.131 e.